The van der Waals surface area contributed by atoms with Gasteiger partial charge in [0.25, 0.3) is 5.91 Å². The molecule has 4 aromatic rings. The van der Waals surface area contributed by atoms with Gasteiger partial charge in [-0.05, 0) is 42.0 Å². The zero-order valence-corrected chi connectivity index (χ0v) is 18.4. The van der Waals surface area contributed by atoms with Gasteiger partial charge < -0.3 is 29.1 Å². The summed E-state index contributed by atoms with van der Waals surface area (Å²) in [6, 6.07) is 18.6. The maximum atomic E-state index is 13.4. The highest BCUT2D eigenvalue weighted by atomic mass is 16.5. The lowest BCUT2D eigenvalue weighted by molar-refractivity contribution is -0.122. The summed E-state index contributed by atoms with van der Waals surface area (Å²) in [7, 11) is 2.97. The second-order valence-corrected chi connectivity index (χ2v) is 7.80. The molecule has 2 heterocycles. The van der Waals surface area contributed by atoms with Crippen LogP contribution in [0, 0.1) is 0 Å². The van der Waals surface area contributed by atoms with Crippen LogP contribution in [0.3, 0.4) is 0 Å². The van der Waals surface area contributed by atoms with E-state index in [1.165, 1.54) is 20.3 Å². The fourth-order valence-corrected chi connectivity index (χ4v) is 4.24. The average molecular weight is 459 g/mol. The van der Waals surface area contributed by atoms with E-state index in [1.54, 1.807) is 60.7 Å². The Balaban J connectivity index is 1.63. The molecule has 0 spiro atoms. The lowest BCUT2D eigenvalue weighted by Gasteiger charge is -2.19. The molecule has 0 aliphatic carbocycles. The maximum absolute atomic E-state index is 13.4. The van der Waals surface area contributed by atoms with Crippen LogP contribution >= 0.6 is 0 Å². The third kappa shape index (κ3) is 3.59. The van der Waals surface area contributed by atoms with E-state index in [0.717, 1.165) is 0 Å². The Hall–Kier alpha value is -4.46. The number of carbonyl (C=O) groups is 1. The molecule has 1 aromatic heterocycles. The van der Waals surface area contributed by atoms with Gasteiger partial charge in [0.05, 0.1) is 31.1 Å². The summed E-state index contributed by atoms with van der Waals surface area (Å²) < 4.78 is 22.0. The first-order valence-electron chi connectivity index (χ1n) is 10.5. The van der Waals surface area contributed by atoms with Crippen molar-refractivity contribution in [3.8, 4) is 23.0 Å². The van der Waals surface area contributed by atoms with Gasteiger partial charge in [-0.25, -0.2) is 4.79 Å². The summed E-state index contributed by atoms with van der Waals surface area (Å²) in [4.78, 5) is 26.5. The number of rotatable bonds is 5. The first-order chi connectivity index (χ1) is 16.5. The SMILES string of the molecule is COc1cccc(NC(=O)[C@@H]2Oc3c(c(=O)oc4ccccc34)[C@H]2c2ccc(OC)c(O)c2)c1. The Labute approximate surface area is 194 Å². The van der Waals surface area contributed by atoms with Gasteiger partial charge in [0.1, 0.15) is 17.1 Å². The van der Waals surface area contributed by atoms with Gasteiger partial charge in [-0.2, -0.15) is 0 Å². The Morgan fingerprint density at radius 2 is 1.82 bits per heavy atom. The number of carbonyl (C=O) groups excluding carboxylic acids is 1. The molecule has 172 valence electrons. The number of methoxy groups -OCH3 is 2. The number of para-hydroxylation sites is 1. The minimum absolute atomic E-state index is 0.120. The number of amides is 1. The van der Waals surface area contributed by atoms with Crippen molar-refractivity contribution in [3.63, 3.8) is 0 Å². The monoisotopic (exact) mass is 459 g/mol. The molecule has 8 nitrogen and oxygen atoms in total. The number of benzene rings is 3. The Morgan fingerprint density at radius 1 is 1.00 bits per heavy atom. The molecule has 8 heteroatoms. The van der Waals surface area contributed by atoms with Crippen molar-refractivity contribution in [1.29, 1.82) is 0 Å². The molecule has 3 aromatic carbocycles. The zero-order chi connectivity index (χ0) is 23.8. The van der Waals surface area contributed by atoms with Crippen LogP contribution in [-0.2, 0) is 4.79 Å². The van der Waals surface area contributed by atoms with E-state index in [0.29, 0.717) is 28.0 Å². The van der Waals surface area contributed by atoms with Crippen molar-refractivity contribution < 1.29 is 28.5 Å². The van der Waals surface area contributed by atoms with Crippen LogP contribution in [0.15, 0.2) is 75.9 Å². The number of aromatic hydroxyl groups is 1. The molecule has 2 N–H and O–H groups in total. The number of hydrogen-bond donors (Lipinski definition) is 2. The Morgan fingerprint density at radius 3 is 2.59 bits per heavy atom. The third-order valence-corrected chi connectivity index (χ3v) is 5.82. The number of phenols is 1. The number of nitrogens with one attached hydrogen (secondary N) is 1. The van der Waals surface area contributed by atoms with Crippen molar-refractivity contribution in [3.05, 3.63) is 88.3 Å². The lowest BCUT2D eigenvalue weighted by atomic mass is 9.88. The molecule has 5 rings (SSSR count). The predicted molar refractivity (Wildman–Crippen MR) is 125 cm³/mol. The number of ether oxygens (including phenoxy) is 3. The summed E-state index contributed by atoms with van der Waals surface area (Å²) >= 11 is 0. The average Bonchev–Trinajstić information content (AvgIpc) is 3.26. The smallest absolute Gasteiger partial charge is 0.344 e. The van der Waals surface area contributed by atoms with Crippen molar-refractivity contribution >= 4 is 22.6 Å². The third-order valence-electron chi connectivity index (χ3n) is 5.82. The van der Waals surface area contributed by atoms with Gasteiger partial charge in [-0.1, -0.05) is 24.3 Å². The van der Waals surface area contributed by atoms with Crippen molar-refractivity contribution in [2.45, 2.75) is 12.0 Å². The summed E-state index contributed by atoms with van der Waals surface area (Å²) in [5.74, 6) is -0.266. The lowest BCUT2D eigenvalue weighted by Crippen LogP contribution is -2.35. The fourth-order valence-electron chi connectivity index (χ4n) is 4.24. The normalized spacial score (nSPS) is 16.5. The van der Waals surface area contributed by atoms with Crippen molar-refractivity contribution in [1.82, 2.24) is 0 Å². The molecular formula is C26H21NO7. The van der Waals surface area contributed by atoms with Gasteiger partial charge in [0, 0.05) is 11.8 Å². The molecule has 0 unspecified atom stereocenters. The number of fused-ring (bicyclic) bond motifs is 3. The van der Waals surface area contributed by atoms with Crippen molar-refractivity contribution in [2.24, 2.45) is 0 Å². The highest BCUT2D eigenvalue weighted by molar-refractivity contribution is 5.97. The molecule has 1 aliphatic heterocycles. The summed E-state index contributed by atoms with van der Waals surface area (Å²) in [5, 5.41) is 13.8. The van der Waals surface area contributed by atoms with Gasteiger partial charge in [-0.15, -0.1) is 0 Å². The molecule has 1 amide bonds. The molecule has 0 radical (unpaired) electrons. The van der Waals surface area contributed by atoms with Gasteiger partial charge in [-0.3, -0.25) is 4.79 Å². The minimum atomic E-state index is -1.09. The van der Waals surface area contributed by atoms with Crippen LogP contribution in [0.2, 0.25) is 0 Å². The van der Waals surface area contributed by atoms with Crippen molar-refractivity contribution in [2.75, 3.05) is 19.5 Å². The van der Waals surface area contributed by atoms with Crippen LogP contribution in [0.4, 0.5) is 5.69 Å². The number of phenolic OH excluding ortho intramolecular Hbond substituents is 1. The van der Waals surface area contributed by atoms with Gasteiger partial charge >= 0.3 is 5.63 Å². The largest absolute Gasteiger partial charge is 0.504 e. The molecule has 0 saturated carbocycles. The fraction of sp³-hybridized carbons (Fsp3) is 0.154. The van der Waals surface area contributed by atoms with Crippen LogP contribution in [0.5, 0.6) is 23.0 Å². The first-order valence-corrected chi connectivity index (χ1v) is 10.5. The van der Waals surface area contributed by atoms with E-state index in [4.69, 9.17) is 18.6 Å². The second-order valence-electron chi connectivity index (χ2n) is 7.80. The van der Waals surface area contributed by atoms with Crippen LogP contribution in [-0.4, -0.2) is 31.3 Å². The van der Waals surface area contributed by atoms with Gasteiger partial charge in [0.15, 0.2) is 17.6 Å². The summed E-state index contributed by atoms with van der Waals surface area (Å²) in [5.41, 5.74) is 0.985. The molecule has 1 aliphatic rings. The summed E-state index contributed by atoms with van der Waals surface area (Å²) in [6.45, 7) is 0. The zero-order valence-electron chi connectivity index (χ0n) is 18.4. The predicted octanol–water partition coefficient (Wildman–Crippen LogP) is 4.05. The Kier molecular flexibility index (Phi) is 5.33. The quantitative estimate of drug-likeness (QED) is 0.434. The first kappa shape index (κ1) is 21.4. The van der Waals surface area contributed by atoms with E-state index < -0.39 is 23.6 Å². The van der Waals surface area contributed by atoms with Crippen LogP contribution in [0.25, 0.3) is 11.0 Å². The second kappa shape index (κ2) is 8.47. The molecule has 0 bridgehead atoms. The minimum Gasteiger partial charge on any atom is -0.504 e. The number of anilines is 1. The van der Waals surface area contributed by atoms with E-state index >= 15 is 0 Å². The highest BCUT2D eigenvalue weighted by Gasteiger charge is 2.44. The Bertz CT molecular complexity index is 1460. The highest BCUT2D eigenvalue weighted by Crippen LogP contribution is 2.45. The molecule has 0 saturated heterocycles. The van der Waals surface area contributed by atoms with Gasteiger partial charge in [0.2, 0.25) is 0 Å². The number of hydrogen-bond acceptors (Lipinski definition) is 7. The molecule has 0 fully saturated rings. The van der Waals surface area contributed by atoms with E-state index in [2.05, 4.69) is 5.32 Å². The van der Waals surface area contributed by atoms with E-state index in [9.17, 15) is 14.7 Å². The molecular weight excluding hydrogens is 438 g/mol. The van der Waals surface area contributed by atoms with Crippen LogP contribution in [0.1, 0.15) is 17.0 Å². The maximum Gasteiger partial charge on any atom is 0.344 e. The molecule has 34 heavy (non-hydrogen) atoms. The van der Waals surface area contributed by atoms with E-state index in [1.807, 2.05) is 0 Å². The summed E-state index contributed by atoms with van der Waals surface area (Å²) in [6.07, 6.45) is -1.09. The molecule has 2 atom stereocenters. The standard InChI is InChI=1S/C26H21NO7/c1-31-16-7-5-6-15(13-16)27-25(29)24-21(14-10-11-20(32-2)18(28)12-14)22-23(34-24)17-8-3-4-9-19(17)33-26(22)30/h3-13,21,24,28H,1-2H3,(H,27,29)/t21-,24-/m1/s1. The van der Waals surface area contributed by atoms with E-state index in [-0.39, 0.29) is 22.8 Å². The topological polar surface area (TPSA) is 107 Å². The van der Waals surface area contributed by atoms with Crippen LogP contribution < -0.4 is 25.2 Å².